The van der Waals surface area contributed by atoms with Crippen molar-refractivity contribution in [2.24, 2.45) is 0 Å². The molecular formula is C24H24Br2N2O3S. The van der Waals surface area contributed by atoms with Gasteiger partial charge in [0.25, 0.3) is 10.0 Å². The van der Waals surface area contributed by atoms with Crippen LogP contribution in [0.4, 0.5) is 5.69 Å². The zero-order chi connectivity index (χ0) is 23.3. The van der Waals surface area contributed by atoms with Gasteiger partial charge in [0, 0.05) is 15.5 Å². The second-order valence-electron chi connectivity index (χ2n) is 7.53. The van der Waals surface area contributed by atoms with Gasteiger partial charge >= 0.3 is 0 Å². The molecule has 0 heterocycles. The monoisotopic (exact) mass is 578 g/mol. The number of sulfonamides is 1. The van der Waals surface area contributed by atoms with Gasteiger partial charge in [-0.3, -0.25) is 9.52 Å². The Balaban J connectivity index is 1.55. The standard InChI is InChI=1S/C24H24Br2N2O3S/c1-16-12-18(8-9-23(16)28-32(30,31)20-6-4-3-5-7-20)10-11-27-24(29)15-19-13-21(25)17(2)22(26)14-19/h3-9,12-14,28H,10-11,15H2,1-2H3,(H,27,29). The van der Waals surface area contributed by atoms with Gasteiger partial charge in [0.05, 0.1) is 17.0 Å². The normalized spacial score (nSPS) is 11.2. The number of aryl methyl sites for hydroxylation is 1. The van der Waals surface area contributed by atoms with Crippen LogP contribution < -0.4 is 10.0 Å². The molecule has 0 radical (unpaired) electrons. The lowest BCUT2D eigenvalue weighted by Gasteiger charge is -2.12. The van der Waals surface area contributed by atoms with E-state index in [0.717, 1.165) is 31.2 Å². The van der Waals surface area contributed by atoms with Crippen LogP contribution in [0.3, 0.4) is 0 Å². The third-order valence-corrected chi connectivity index (χ3v) is 8.06. The van der Waals surface area contributed by atoms with Gasteiger partial charge in [-0.05, 0) is 72.9 Å². The van der Waals surface area contributed by atoms with E-state index in [1.807, 2.05) is 38.1 Å². The summed E-state index contributed by atoms with van der Waals surface area (Å²) in [4.78, 5) is 12.5. The Bertz CT molecular complexity index is 1210. The molecule has 0 unspecified atom stereocenters. The first-order valence-electron chi connectivity index (χ1n) is 10.0. The molecule has 5 nitrogen and oxygen atoms in total. The van der Waals surface area contributed by atoms with Gasteiger partial charge in [-0.2, -0.15) is 0 Å². The van der Waals surface area contributed by atoms with Crippen LogP contribution in [0.15, 0.2) is 74.5 Å². The number of carbonyl (C=O) groups is 1. The number of amides is 1. The average molecular weight is 580 g/mol. The second kappa shape index (κ2) is 10.6. The van der Waals surface area contributed by atoms with Gasteiger partial charge in [0.2, 0.25) is 5.91 Å². The van der Waals surface area contributed by atoms with Crippen molar-refractivity contribution in [2.45, 2.75) is 31.6 Å². The lowest BCUT2D eigenvalue weighted by Crippen LogP contribution is -2.27. The molecule has 0 saturated carbocycles. The average Bonchev–Trinajstić information content (AvgIpc) is 2.74. The first kappa shape index (κ1) is 24.5. The largest absolute Gasteiger partial charge is 0.355 e. The highest BCUT2D eigenvalue weighted by atomic mass is 79.9. The van der Waals surface area contributed by atoms with Crippen LogP contribution in [0, 0.1) is 13.8 Å². The van der Waals surface area contributed by atoms with Gasteiger partial charge < -0.3 is 5.32 Å². The van der Waals surface area contributed by atoms with E-state index >= 15 is 0 Å². The van der Waals surface area contributed by atoms with Gasteiger partial charge in [-0.25, -0.2) is 8.42 Å². The van der Waals surface area contributed by atoms with Gasteiger partial charge in [-0.1, -0.05) is 62.2 Å². The molecule has 0 aromatic heterocycles. The van der Waals surface area contributed by atoms with E-state index in [4.69, 9.17) is 0 Å². The quantitative estimate of drug-likeness (QED) is 0.368. The van der Waals surface area contributed by atoms with Crippen LogP contribution in [0.1, 0.15) is 22.3 Å². The van der Waals surface area contributed by atoms with Crippen molar-refractivity contribution in [3.8, 4) is 0 Å². The maximum absolute atomic E-state index is 12.5. The predicted molar refractivity (Wildman–Crippen MR) is 135 cm³/mol. The van der Waals surface area contributed by atoms with E-state index in [0.29, 0.717) is 25.1 Å². The molecule has 0 fully saturated rings. The van der Waals surface area contributed by atoms with Crippen LogP contribution in [0.5, 0.6) is 0 Å². The molecule has 0 atom stereocenters. The maximum Gasteiger partial charge on any atom is 0.261 e. The van der Waals surface area contributed by atoms with Crippen molar-refractivity contribution in [2.75, 3.05) is 11.3 Å². The van der Waals surface area contributed by atoms with Crippen molar-refractivity contribution in [1.82, 2.24) is 5.32 Å². The number of benzene rings is 3. The molecule has 0 spiro atoms. The minimum atomic E-state index is -3.63. The number of halogens is 2. The zero-order valence-electron chi connectivity index (χ0n) is 17.8. The predicted octanol–water partition coefficient (Wildman–Crippen LogP) is 5.53. The van der Waals surface area contributed by atoms with Crippen LogP contribution in [-0.4, -0.2) is 20.9 Å². The van der Waals surface area contributed by atoms with Crippen molar-refractivity contribution >= 4 is 53.5 Å². The van der Waals surface area contributed by atoms with E-state index in [1.54, 1.807) is 36.4 Å². The summed E-state index contributed by atoms with van der Waals surface area (Å²) < 4.78 is 29.6. The first-order chi connectivity index (χ1) is 15.2. The molecule has 0 aliphatic rings. The summed E-state index contributed by atoms with van der Waals surface area (Å²) >= 11 is 7.02. The molecule has 8 heteroatoms. The summed E-state index contributed by atoms with van der Waals surface area (Å²) in [6.07, 6.45) is 0.955. The van der Waals surface area contributed by atoms with E-state index < -0.39 is 10.0 Å². The number of carbonyl (C=O) groups excluding carboxylic acids is 1. The summed E-state index contributed by atoms with van der Waals surface area (Å²) in [5.74, 6) is -0.0448. The van der Waals surface area contributed by atoms with E-state index in [2.05, 4.69) is 41.9 Å². The number of nitrogens with one attached hydrogen (secondary N) is 2. The SMILES string of the molecule is Cc1cc(CCNC(=O)Cc2cc(Br)c(C)c(Br)c2)ccc1NS(=O)(=O)c1ccccc1. The van der Waals surface area contributed by atoms with E-state index in [1.165, 1.54) is 0 Å². The summed E-state index contributed by atoms with van der Waals surface area (Å²) in [5.41, 5.74) is 4.41. The fourth-order valence-corrected chi connectivity index (χ4v) is 5.63. The van der Waals surface area contributed by atoms with Crippen LogP contribution in [-0.2, 0) is 27.7 Å². The molecule has 0 bridgehead atoms. The minimum absolute atomic E-state index is 0.0448. The number of rotatable bonds is 8. The summed E-state index contributed by atoms with van der Waals surface area (Å²) in [7, 11) is -3.63. The van der Waals surface area contributed by atoms with Crippen molar-refractivity contribution in [3.05, 3.63) is 91.9 Å². The van der Waals surface area contributed by atoms with Crippen LogP contribution >= 0.6 is 31.9 Å². The van der Waals surface area contributed by atoms with Gasteiger partial charge in [-0.15, -0.1) is 0 Å². The van der Waals surface area contributed by atoms with E-state index in [9.17, 15) is 13.2 Å². The molecule has 3 aromatic rings. The Labute approximate surface area is 205 Å². The second-order valence-corrected chi connectivity index (χ2v) is 10.9. The van der Waals surface area contributed by atoms with Gasteiger partial charge in [0.1, 0.15) is 0 Å². The topological polar surface area (TPSA) is 75.3 Å². The van der Waals surface area contributed by atoms with Gasteiger partial charge in [0.15, 0.2) is 0 Å². The van der Waals surface area contributed by atoms with Crippen molar-refractivity contribution < 1.29 is 13.2 Å². The first-order valence-corrected chi connectivity index (χ1v) is 13.1. The number of hydrogen-bond donors (Lipinski definition) is 2. The van der Waals surface area contributed by atoms with Crippen molar-refractivity contribution in [1.29, 1.82) is 0 Å². The molecule has 0 saturated heterocycles. The summed E-state index contributed by atoms with van der Waals surface area (Å²) in [6, 6.07) is 17.7. The molecule has 1 amide bonds. The highest BCUT2D eigenvalue weighted by Crippen LogP contribution is 2.26. The molecule has 0 aliphatic heterocycles. The fraction of sp³-hybridized carbons (Fsp3) is 0.208. The maximum atomic E-state index is 12.5. The molecule has 168 valence electrons. The zero-order valence-corrected chi connectivity index (χ0v) is 21.8. The lowest BCUT2D eigenvalue weighted by molar-refractivity contribution is -0.120. The molecule has 2 N–H and O–H groups in total. The Morgan fingerprint density at radius 1 is 0.906 bits per heavy atom. The Morgan fingerprint density at radius 2 is 1.56 bits per heavy atom. The number of anilines is 1. The molecule has 0 aliphatic carbocycles. The van der Waals surface area contributed by atoms with Crippen molar-refractivity contribution in [3.63, 3.8) is 0 Å². The summed E-state index contributed by atoms with van der Waals surface area (Å²) in [5, 5.41) is 2.95. The molecular weight excluding hydrogens is 556 g/mol. The Morgan fingerprint density at radius 3 is 2.19 bits per heavy atom. The molecule has 3 aromatic carbocycles. The van der Waals surface area contributed by atoms with Crippen LogP contribution in [0.25, 0.3) is 0 Å². The van der Waals surface area contributed by atoms with Crippen LogP contribution in [0.2, 0.25) is 0 Å². The minimum Gasteiger partial charge on any atom is -0.355 e. The highest BCUT2D eigenvalue weighted by molar-refractivity contribution is 9.11. The third-order valence-electron chi connectivity index (χ3n) is 5.03. The number of hydrogen-bond acceptors (Lipinski definition) is 3. The lowest BCUT2D eigenvalue weighted by atomic mass is 10.1. The third kappa shape index (κ3) is 6.43. The Kier molecular flexibility index (Phi) is 8.14. The van der Waals surface area contributed by atoms with E-state index in [-0.39, 0.29) is 10.8 Å². The highest BCUT2D eigenvalue weighted by Gasteiger charge is 2.15. The summed E-state index contributed by atoms with van der Waals surface area (Å²) in [6.45, 7) is 4.36. The molecule has 32 heavy (non-hydrogen) atoms. The fourth-order valence-electron chi connectivity index (χ4n) is 3.19. The molecule has 3 rings (SSSR count). The smallest absolute Gasteiger partial charge is 0.261 e. The Hall–Kier alpha value is -2.16.